The van der Waals surface area contributed by atoms with Crippen molar-refractivity contribution in [1.82, 2.24) is 14.8 Å². The third-order valence-electron chi connectivity index (χ3n) is 3.23. The largest absolute Gasteiger partial charge is 0.382 e. The van der Waals surface area contributed by atoms with Crippen LogP contribution in [0.1, 0.15) is 24.2 Å². The number of anilines is 1. The zero-order valence-electron chi connectivity index (χ0n) is 11.9. The second-order valence-electron chi connectivity index (χ2n) is 5.36. The summed E-state index contributed by atoms with van der Waals surface area (Å²) in [5.41, 5.74) is 1.56. The predicted octanol–water partition coefficient (Wildman–Crippen LogP) is 1.29. The first kappa shape index (κ1) is 13.8. The summed E-state index contributed by atoms with van der Waals surface area (Å²) in [6, 6.07) is 2.21. The van der Waals surface area contributed by atoms with Crippen molar-refractivity contribution in [3.05, 3.63) is 24.0 Å². The van der Waals surface area contributed by atoms with Gasteiger partial charge in [0.25, 0.3) is 5.91 Å². The van der Waals surface area contributed by atoms with Crippen molar-refractivity contribution in [2.24, 2.45) is 0 Å². The molecular weight excluding hydrogens is 240 g/mol. The fraction of sp³-hybridized carbons (Fsp3) is 0.571. The van der Waals surface area contributed by atoms with Gasteiger partial charge >= 0.3 is 0 Å². The molecule has 5 heteroatoms. The lowest BCUT2D eigenvalue weighted by molar-refractivity contribution is 0.0663. The van der Waals surface area contributed by atoms with E-state index in [2.05, 4.69) is 36.1 Å². The van der Waals surface area contributed by atoms with E-state index >= 15 is 0 Å². The maximum Gasteiger partial charge on any atom is 0.255 e. The second kappa shape index (κ2) is 6.02. The van der Waals surface area contributed by atoms with Gasteiger partial charge in [0, 0.05) is 44.6 Å². The highest BCUT2D eigenvalue weighted by atomic mass is 16.2. The highest BCUT2D eigenvalue weighted by molar-refractivity contribution is 5.94. The molecule has 0 aromatic carbocycles. The standard InChI is InChI=1S/C14H22N4O/c1-11(2)16-13-8-12(9-15-10-13)14(19)18-6-4-17(3)5-7-18/h8-11,16H,4-7H2,1-3H3. The van der Waals surface area contributed by atoms with E-state index in [1.807, 2.05) is 11.0 Å². The van der Waals surface area contributed by atoms with E-state index in [4.69, 9.17) is 0 Å². The first-order chi connectivity index (χ1) is 9.06. The molecule has 1 aromatic heterocycles. The molecule has 1 fully saturated rings. The van der Waals surface area contributed by atoms with Gasteiger partial charge in [0.1, 0.15) is 0 Å². The van der Waals surface area contributed by atoms with Crippen LogP contribution in [0.2, 0.25) is 0 Å². The molecule has 1 aliphatic rings. The van der Waals surface area contributed by atoms with Gasteiger partial charge in [-0.25, -0.2) is 0 Å². The summed E-state index contributed by atoms with van der Waals surface area (Å²) in [7, 11) is 2.08. The smallest absolute Gasteiger partial charge is 0.255 e. The minimum absolute atomic E-state index is 0.0769. The van der Waals surface area contributed by atoms with Gasteiger partial charge in [-0.15, -0.1) is 0 Å². The first-order valence-corrected chi connectivity index (χ1v) is 6.75. The summed E-state index contributed by atoms with van der Waals surface area (Å²) >= 11 is 0. The fourth-order valence-corrected chi connectivity index (χ4v) is 2.16. The molecule has 1 amide bonds. The number of pyridine rings is 1. The van der Waals surface area contributed by atoms with Gasteiger partial charge in [-0.1, -0.05) is 0 Å². The molecule has 0 saturated carbocycles. The predicted molar refractivity (Wildman–Crippen MR) is 76.4 cm³/mol. The van der Waals surface area contributed by atoms with Gasteiger partial charge in [-0.3, -0.25) is 9.78 Å². The second-order valence-corrected chi connectivity index (χ2v) is 5.36. The number of piperazine rings is 1. The molecule has 5 nitrogen and oxygen atoms in total. The van der Waals surface area contributed by atoms with Crippen LogP contribution in [0, 0.1) is 0 Å². The Kier molecular flexibility index (Phi) is 4.37. The maximum absolute atomic E-state index is 12.4. The van der Waals surface area contributed by atoms with Crippen molar-refractivity contribution in [2.75, 3.05) is 38.5 Å². The van der Waals surface area contributed by atoms with Crippen LogP contribution in [-0.4, -0.2) is 60.0 Å². The number of hydrogen-bond acceptors (Lipinski definition) is 4. The Morgan fingerprint density at radius 3 is 2.58 bits per heavy atom. The van der Waals surface area contributed by atoms with E-state index in [-0.39, 0.29) is 5.91 Å². The highest BCUT2D eigenvalue weighted by Crippen LogP contribution is 2.13. The summed E-state index contributed by atoms with van der Waals surface area (Å²) < 4.78 is 0. The van der Waals surface area contributed by atoms with Crippen LogP contribution in [0.3, 0.4) is 0 Å². The molecule has 19 heavy (non-hydrogen) atoms. The minimum atomic E-state index is 0.0769. The monoisotopic (exact) mass is 262 g/mol. The van der Waals surface area contributed by atoms with E-state index in [9.17, 15) is 4.79 Å². The molecule has 1 aliphatic heterocycles. The van der Waals surface area contributed by atoms with E-state index in [0.717, 1.165) is 31.9 Å². The number of amides is 1. The van der Waals surface area contributed by atoms with E-state index in [0.29, 0.717) is 11.6 Å². The molecule has 1 saturated heterocycles. The number of rotatable bonds is 3. The molecule has 0 spiro atoms. The van der Waals surface area contributed by atoms with Crippen molar-refractivity contribution >= 4 is 11.6 Å². The van der Waals surface area contributed by atoms with E-state index < -0.39 is 0 Å². The average Bonchev–Trinajstić information content (AvgIpc) is 2.38. The Bertz CT molecular complexity index is 439. The van der Waals surface area contributed by atoms with Crippen molar-refractivity contribution in [2.45, 2.75) is 19.9 Å². The third kappa shape index (κ3) is 3.67. The van der Waals surface area contributed by atoms with Gasteiger partial charge in [0.2, 0.25) is 0 Å². The van der Waals surface area contributed by atoms with Gasteiger partial charge < -0.3 is 15.1 Å². The van der Waals surface area contributed by atoms with Crippen molar-refractivity contribution < 1.29 is 4.79 Å². The summed E-state index contributed by atoms with van der Waals surface area (Å²) in [6.45, 7) is 7.57. The Morgan fingerprint density at radius 1 is 1.26 bits per heavy atom. The lowest BCUT2D eigenvalue weighted by Crippen LogP contribution is -2.47. The third-order valence-corrected chi connectivity index (χ3v) is 3.23. The number of likely N-dealkylation sites (N-methyl/N-ethyl adjacent to an activating group) is 1. The molecule has 0 radical (unpaired) electrons. The highest BCUT2D eigenvalue weighted by Gasteiger charge is 2.20. The lowest BCUT2D eigenvalue weighted by atomic mass is 10.2. The topological polar surface area (TPSA) is 48.5 Å². The summed E-state index contributed by atoms with van der Waals surface area (Å²) in [6.07, 6.45) is 3.40. The van der Waals surface area contributed by atoms with Gasteiger partial charge in [-0.05, 0) is 27.0 Å². The number of carbonyl (C=O) groups excluding carboxylic acids is 1. The zero-order valence-corrected chi connectivity index (χ0v) is 11.9. The Balaban J connectivity index is 2.06. The van der Waals surface area contributed by atoms with E-state index in [1.54, 1.807) is 12.4 Å². The van der Waals surface area contributed by atoms with Crippen molar-refractivity contribution in [1.29, 1.82) is 0 Å². The lowest BCUT2D eigenvalue weighted by Gasteiger charge is -2.32. The number of hydrogen-bond donors (Lipinski definition) is 1. The molecular formula is C14H22N4O. The number of aromatic nitrogens is 1. The molecule has 0 atom stereocenters. The number of nitrogens with one attached hydrogen (secondary N) is 1. The molecule has 2 heterocycles. The Morgan fingerprint density at radius 2 is 1.95 bits per heavy atom. The molecule has 2 rings (SSSR count). The summed E-state index contributed by atoms with van der Waals surface area (Å²) in [5.74, 6) is 0.0769. The Hall–Kier alpha value is -1.62. The van der Waals surface area contributed by atoms with Crippen LogP contribution in [-0.2, 0) is 0 Å². The number of nitrogens with zero attached hydrogens (tertiary/aromatic N) is 3. The van der Waals surface area contributed by atoms with Crippen LogP contribution >= 0.6 is 0 Å². The van der Waals surface area contributed by atoms with Crippen LogP contribution < -0.4 is 5.32 Å². The van der Waals surface area contributed by atoms with Crippen molar-refractivity contribution in [3.8, 4) is 0 Å². The Labute approximate surface area is 114 Å². The molecule has 1 aromatic rings. The minimum Gasteiger partial charge on any atom is -0.382 e. The van der Waals surface area contributed by atoms with E-state index in [1.165, 1.54) is 0 Å². The SMILES string of the molecule is CC(C)Nc1cncc(C(=O)N2CCN(C)CC2)c1. The maximum atomic E-state index is 12.4. The van der Waals surface area contributed by atoms with Crippen LogP contribution in [0.4, 0.5) is 5.69 Å². The first-order valence-electron chi connectivity index (χ1n) is 6.75. The quantitative estimate of drug-likeness (QED) is 0.891. The molecule has 0 unspecified atom stereocenters. The zero-order chi connectivity index (χ0) is 13.8. The molecule has 0 bridgehead atoms. The number of carbonyl (C=O) groups is 1. The molecule has 1 N–H and O–H groups in total. The van der Waals surface area contributed by atoms with Crippen LogP contribution in [0.5, 0.6) is 0 Å². The van der Waals surface area contributed by atoms with Gasteiger partial charge in [0.15, 0.2) is 0 Å². The van der Waals surface area contributed by atoms with Gasteiger partial charge in [-0.2, -0.15) is 0 Å². The van der Waals surface area contributed by atoms with Gasteiger partial charge in [0.05, 0.1) is 11.3 Å². The molecule has 104 valence electrons. The van der Waals surface area contributed by atoms with Crippen molar-refractivity contribution in [3.63, 3.8) is 0 Å². The summed E-state index contributed by atoms with van der Waals surface area (Å²) in [5, 5.41) is 3.27. The fourth-order valence-electron chi connectivity index (χ4n) is 2.16. The van der Waals surface area contributed by atoms with Crippen LogP contribution in [0.15, 0.2) is 18.5 Å². The average molecular weight is 262 g/mol. The molecule has 0 aliphatic carbocycles. The normalized spacial score (nSPS) is 16.7. The summed E-state index contributed by atoms with van der Waals surface area (Å²) in [4.78, 5) is 20.7. The van der Waals surface area contributed by atoms with Crippen LogP contribution in [0.25, 0.3) is 0 Å².